The highest BCUT2D eigenvalue weighted by Gasteiger charge is 2.20. The summed E-state index contributed by atoms with van der Waals surface area (Å²) in [4.78, 5) is 8.94. The number of rotatable bonds is 2. The van der Waals surface area contributed by atoms with Gasteiger partial charge < -0.3 is 4.90 Å². The second-order valence-electron chi connectivity index (χ2n) is 5.02. The molecule has 100 valence electrons. The molecule has 0 saturated carbocycles. The molecule has 1 aromatic heterocycles. The molecule has 2 rings (SSSR count). The van der Waals surface area contributed by atoms with Crippen LogP contribution in [0.15, 0.2) is 12.1 Å². The minimum absolute atomic E-state index is 0.451. The quantitative estimate of drug-likeness (QED) is 0.780. The van der Waals surface area contributed by atoms with E-state index < -0.39 is 0 Å². The van der Waals surface area contributed by atoms with E-state index in [1.54, 1.807) is 6.07 Å². The highest BCUT2D eigenvalue weighted by molar-refractivity contribution is 6.32. The number of halogens is 2. The van der Waals surface area contributed by atoms with E-state index in [-0.39, 0.29) is 0 Å². The summed E-state index contributed by atoms with van der Waals surface area (Å²) in [6.07, 6.45) is 1.19. The summed E-state index contributed by atoms with van der Waals surface area (Å²) in [6, 6.07) is 4.31. The first-order chi connectivity index (χ1) is 8.56. The Labute approximate surface area is 119 Å². The van der Waals surface area contributed by atoms with Gasteiger partial charge in [-0.05, 0) is 33.0 Å². The Bertz CT molecular complexity index is 411. The van der Waals surface area contributed by atoms with Crippen LogP contribution in [-0.4, -0.2) is 47.5 Å². The molecule has 0 aliphatic carbocycles. The minimum Gasteiger partial charge on any atom is -0.305 e. The largest absolute Gasteiger partial charge is 0.305 e. The number of likely N-dealkylation sites (N-methyl/N-ethyl adjacent to an activating group) is 1. The predicted molar refractivity (Wildman–Crippen MR) is 76.2 cm³/mol. The van der Waals surface area contributed by atoms with E-state index in [2.05, 4.69) is 28.8 Å². The van der Waals surface area contributed by atoms with Gasteiger partial charge in [-0.3, -0.25) is 4.90 Å². The lowest BCUT2D eigenvalue weighted by Crippen LogP contribution is -2.37. The molecule has 1 aliphatic rings. The van der Waals surface area contributed by atoms with Gasteiger partial charge in [0.1, 0.15) is 10.3 Å². The van der Waals surface area contributed by atoms with E-state index in [0.29, 0.717) is 16.3 Å². The van der Waals surface area contributed by atoms with Crippen LogP contribution in [0.3, 0.4) is 0 Å². The summed E-state index contributed by atoms with van der Waals surface area (Å²) in [5, 5.41) is 0.972. The number of hydrogen-bond acceptors (Lipinski definition) is 3. The van der Waals surface area contributed by atoms with Crippen molar-refractivity contribution >= 4 is 23.2 Å². The van der Waals surface area contributed by atoms with Crippen LogP contribution in [0.4, 0.5) is 0 Å². The first-order valence-corrected chi connectivity index (χ1v) is 7.05. The Kier molecular flexibility index (Phi) is 4.84. The molecule has 1 unspecified atom stereocenters. The fourth-order valence-electron chi connectivity index (χ4n) is 2.43. The lowest BCUT2D eigenvalue weighted by molar-refractivity contribution is 0.194. The average molecular weight is 288 g/mol. The van der Waals surface area contributed by atoms with E-state index in [1.165, 1.54) is 6.42 Å². The Balaban J connectivity index is 2.07. The second-order valence-corrected chi connectivity index (χ2v) is 5.76. The Hall–Kier alpha value is -0.350. The maximum atomic E-state index is 6.13. The molecule has 1 fully saturated rings. The van der Waals surface area contributed by atoms with Gasteiger partial charge in [0, 0.05) is 31.2 Å². The van der Waals surface area contributed by atoms with E-state index >= 15 is 0 Å². The zero-order valence-corrected chi connectivity index (χ0v) is 12.4. The van der Waals surface area contributed by atoms with Gasteiger partial charge in [0.25, 0.3) is 0 Å². The molecule has 2 heterocycles. The zero-order chi connectivity index (χ0) is 13.1. The molecule has 1 aliphatic heterocycles. The minimum atomic E-state index is 0.451. The van der Waals surface area contributed by atoms with Crippen LogP contribution in [0.1, 0.15) is 18.9 Å². The molecular weight excluding hydrogens is 269 g/mol. The first-order valence-electron chi connectivity index (χ1n) is 6.30. The van der Waals surface area contributed by atoms with Gasteiger partial charge in [-0.1, -0.05) is 29.3 Å². The van der Waals surface area contributed by atoms with Gasteiger partial charge in [-0.25, -0.2) is 4.98 Å². The summed E-state index contributed by atoms with van der Waals surface area (Å²) >= 11 is 12.0. The lowest BCUT2D eigenvalue weighted by Gasteiger charge is -2.28. The Morgan fingerprint density at radius 2 is 2.11 bits per heavy atom. The van der Waals surface area contributed by atoms with Crippen LogP contribution >= 0.6 is 23.2 Å². The predicted octanol–water partition coefficient (Wildman–Crippen LogP) is 2.91. The van der Waals surface area contributed by atoms with Crippen molar-refractivity contribution in [2.24, 2.45) is 0 Å². The van der Waals surface area contributed by atoms with Gasteiger partial charge in [-0.2, -0.15) is 0 Å². The monoisotopic (exact) mass is 287 g/mol. The lowest BCUT2D eigenvalue weighted by atomic mass is 10.2. The molecule has 1 aromatic rings. The number of hydrogen-bond donors (Lipinski definition) is 0. The smallest absolute Gasteiger partial charge is 0.135 e. The van der Waals surface area contributed by atoms with Crippen molar-refractivity contribution in [3.8, 4) is 0 Å². The SMILES string of the molecule is CC1CN(C)CCCN1Cc1ccc(Cl)nc1Cl. The van der Waals surface area contributed by atoms with Crippen molar-refractivity contribution < 1.29 is 0 Å². The van der Waals surface area contributed by atoms with Gasteiger partial charge in [0.05, 0.1) is 0 Å². The van der Waals surface area contributed by atoms with Crippen LogP contribution in [0.25, 0.3) is 0 Å². The summed E-state index contributed by atoms with van der Waals surface area (Å²) < 4.78 is 0. The van der Waals surface area contributed by atoms with Crippen LogP contribution in [0.5, 0.6) is 0 Å². The third kappa shape index (κ3) is 3.58. The highest BCUT2D eigenvalue weighted by Crippen LogP contribution is 2.20. The Morgan fingerprint density at radius 3 is 2.83 bits per heavy atom. The fourth-order valence-corrected chi connectivity index (χ4v) is 2.84. The van der Waals surface area contributed by atoms with Gasteiger partial charge >= 0.3 is 0 Å². The molecule has 0 aromatic carbocycles. The molecule has 5 heteroatoms. The molecule has 0 amide bonds. The molecule has 1 atom stereocenters. The number of nitrogens with zero attached hydrogens (tertiary/aromatic N) is 3. The van der Waals surface area contributed by atoms with Crippen LogP contribution in [0.2, 0.25) is 10.3 Å². The molecular formula is C13H19Cl2N3. The van der Waals surface area contributed by atoms with E-state index in [4.69, 9.17) is 23.2 Å². The van der Waals surface area contributed by atoms with Crippen LogP contribution in [0, 0.1) is 0 Å². The molecule has 0 bridgehead atoms. The Morgan fingerprint density at radius 1 is 1.33 bits per heavy atom. The van der Waals surface area contributed by atoms with E-state index in [9.17, 15) is 0 Å². The molecule has 18 heavy (non-hydrogen) atoms. The maximum Gasteiger partial charge on any atom is 0.135 e. The van der Waals surface area contributed by atoms with Crippen LogP contribution in [-0.2, 0) is 6.54 Å². The number of pyridine rings is 1. The topological polar surface area (TPSA) is 19.4 Å². The summed E-state index contributed by atoms with van der Waals surface area (Å²) in [7, 11) is 2.18. The fraction of sp³-hybridized carbons (Fsp3) is 0.615. The zero-order valence-electron chi connectivity index (χ0n) is 10.9. The van der Waals surface area contributed by atoms with Crippen molar-refractivity contribution in [2.45, 2.75) is 25.9 Å². The van der Waals surface area contributed by atoms with Gasteiger partial charge in [-0.15, -0.1) is 0 Å². The van der Waals surface area contributed by atoms with Crippen molar-refractivity contribution in [3.63, 3.8) is 0 Å². The normalized spacial score (nSPS) is 23.0. The third-order valence-corrected chi connectivity index (χ3v) is 3.99. The molecule has 3 nitrogen and oxygen atoms in total. The average Bonchev–Trinajstić information content (AvgIpc) is 2.44. The van der Waals surface area contributed by atoms with Crippen LogP contribution < -0.4 is 0 Å². The second kappa shape index (κ2) is 6.20. The molecule has 0 spiro atoms. The standard InChI is InChI=1S/C13H19Cl2N3/c1-10-8-17(2)6-3-7-18(10)9-11-4-5-12(14)16-13(11)15/h4-5,10H,3,6-9H2,1-2H3. The van der Waals surface area contributed by atoms with Gasteiger partial charge in [0.15, 0.2) is 0 Å². The molecule has 0 N–H and O–H groups in total. The molecule has 0 radical (unpaired) electrons. The van der Waals surface area contributed by atoms with Crippen molar-refractivity contribution in [2.75, 3.05) is 26.7 Å². The first kappa shape index (κ1) is 14.1. The highest BCUT2D eigenvalue weighted by atomic mass is 35.5. The van der Waals surface area contributed by atoms with E-state index in [1.807, 2.05) is 6.07 Å². The molecule has 1 saturated heterocycles. The van der Waals surface area contributed by atoms with Crippen molar-refractivity contribution in [1.29, 1.82) is 0 Å². The van der Waals surface area contributed by atoms with E-state index in [0.717, 1.165) is 31.7 Å². The maximum absolute atomic E-state index is 6.13. The summed E-state index contributed by atoms with van der Waals surface area (Å²) in [5.41, 5.74) is 1.05. The number of aromatic nitrogens is 1. The van der Waals surface area contributed by atoms with Gasteiger partial charge in [0.2, 0.25) is 0 Å². The summed E-state index contributed by atoms with van der Waals surface area (Å²) in [6.45, 7) is 6.47. The van der Waals surface area contributed by atoms with Crippen molar-refractivity contribution in [3.05, 3.63) is 28.0 Å². The third-order valence-electron chi connectivity index (χ3n) is 3.45. The van der Waals surface area contributed by atoms with Crippen molar-refractivity contribution in [1.82, 2.24) is 14.8 Å². The summed E-state index contributed by atoms with van der Waals surface area (Å²) in [5.74, 6) is 0.